The minimum Gasteiger partial charge on any atom is -0.493 e. The molecule has 0 saturated heterocycles. The SMILES string of the molecule is COc1ccc(S(=O)(=O)NCC(=O)Nc2ccc(C)cc2C(O)c2c(F)cccc2F)cc1OC. The van der Waals surface area contributed by atoms with Crippen LogP contribution in [-0.4, -0.2) is 40.2 Å². The van der Waals surface area contributed by atoms with Crippen molar-refractivity contribution in [1.29, 1.82) is 0 Å². The highest BCUT2D eigenvalue weighted by Gasteiger charge is 2.24. The maximum absolute atomic E-state index is 14.2. The van der Waals surface area contributed by atoms with Crippen molar-refractivity contribution in [3.63, 3.8) is 0 Å². The first-order valence-corrected chi connectivity index (χ1v) is 11.8. The zero-order chi connectivity index (χ0) is 25.8. The molecule has 3 rings (SSSR count). The number of rotatable bonds is 9. The van der Waals surface area contributed by atoms with Crippen LogP contribution in [0.2, 0.25) is 0 Å². The number of sulfonamides is 1. The molecule has 0 aliphatic rings. The molecular weight excluding hydrogens is 482 g/mol. The number of methoxy groups -OCH3 is 2. The molecule has 35 heavy (non-hydrogen) atoms. The molecule has 1 amide bonds. The first-order chi connectivity index (χ1) is 16.6. The van der Waals surface area contributed by atoms with Crippen LogP contribution in [0.1, 0.15) is 22.8 Å². The number of aliphatic hydroxyl groups excluding tert-OH is 1. The average molecular weight is 507 g/mol. The van der Waals surface area contributed by atoms with E-state index in [9.17, 15) is 27.1 Å². The molecule has 3 N–H and O–H groups in total. The van der Waals surface area contributed by atoms with Gasteiger partial charge >= 0.3 is 0 Å². The van der Waals surface area contributed by atoms with E-state index in [0.29, 0.717) is 11.3 Å². The Morgan fingerprint density at radius 1 is 1.00 bits per heavy atom. The number of hydrogen-bond acceptors (Lipinski definition) is 6. The second-order valence-corrected chi connectivity index (χ2v) is 9.29. The molecule has 0 aromatic heterocycles. The number of amides is 1. The van der Waals surface area contributed by atoms with Crippen LogP contribution in [0.15, 0.2) is 59.5 Å². The van der Waals surface area contributed by atoms with Gasteiger partial charge in [0.05, 0.1) is 31.2 Å². The first-order valence-electron chi connectivity index (χ1n) is 10.3. The lowest BCUT2D eigenvalue weighted by Gasteiger charge is -2.18. The fourth-order valence-corrected chi connectivity index (χ4v) is 4.37. The van der Waals surface area contributed by atoms with E-state index in [-0.39, 0.29) is 21.9 Å². The van der Waals surface area contributed by atoms with E-state index in [1.54, 1.807) is 13.0 Å². The maximum Gasteiger partial charge on any atom is 0.241 e. The van der Waals surface area contributed by atoms with Crippen LogP contribution in [0.5, 0.6) is 11.5 Å². The molecule has 0 aliphatic heterocycles. The van der Waals surface area contributed by atoms with Gasteiger partial charge < -0.3 is 19.9 Å². The first kappa shape index (κ1) is 26.1. The third kappa shape index (κ3) is 5.94. The van der Waals surface area contributed by atoms with Gasteiger partial charge in [-0.15, -0.1) is 0 Å². The van der Waals surface area contributed by atoms with E-state index in [4.69, 9.17) is 9.47 Å². The molecule has 1 unspecified atom stereocenters. The molecule has 186 valence electrons. The van der Waals surface area contributed by atoms with Crippen LogP contribution in [0.4, 0.5) is 14.5 Å². The molecule has 11 heteroatoms. The van der Waals surface area contributed by atoms with Crippen molar-refractivity contribution >= 4 is 21.6 Å². The molecule has 1 atom stereocenters. The summed E-state index contributed by atoms with van der Waals surface area (Å²) in [4.78, 5) is 12.4. The summed E-state index contributed by atoms with van der Waals surface area (Å²) in [5.74, 6) is -2.13. The fraction of sp³-hybridized carbons (Fsp3) is 0.208. The summed E-state index contributed by atoms with van der Waals surface area (Å²) in [6.07, 6.45) is -1.71. The van der Waals surface area contributed by atoms with Gasteiger partial charge in [0.2, 0.25) is 15.9 Å². The van der Waals surface area contributed by atoms with E-state index >= 15 is 0 Å². The van der Waals surface area contributed by atoms with E-state index in [1.807, 2.05) is 0 Å². The Balaban J connectivity index is 1.79. The molecular formula is C24H24F2N2O6S. The van der Waals surface area contributed by atoms with Gasteiger partial charge in [0.25, 0.3) is 0 Å². The zero-order valence-electron chi connectivity index (χ0n) is 19.1. The lowest BCUT2D eigenvalue weighted by Crippen LogP contribution is -2.33. The highest BCUT2D eigenvalue weighted by Crippen LogP contribution is 2.32. The Morgan fingerprint density at radius 2 is 1.66 bits per heavy atom. The van der Waals surface area contributed by atoms with Crippen LogP contribution < -0.4 is 19.5 Å². The molecule has 0 spiro atoms. The van der Waals surface area contributed by atoms with Gasteiger partial charge in [-0.3, -0.25) is 4.79 Å². The summed E-state index contributed by atoms with van der Waals surface area (Å²) in [6.45, 7) is 1.06. The summed E-state index contributed by atoms with van der Waals surface area (Å²) in [7, 11) is -1.32. The molecule has 0 heterocycles. The Labute approximate surface area is 201 Å². The van der Waals surface area contributed by atoms with Crippen LogP contribution >= 0.6 is 0 Å². The largest absolute Gasteiger partial charge is 0.493 e. The molecule has 8 nitrogen and oxygen atoms in total. The Morgan fingerprint density at radius 3 is 2.29 bits per heavy atom. The fourth-order valence-electron chi connectivity index (χ4n) is 3.37. The molecule has 0 saturated carbocycles. The highest BCUT2D eigenvalue weighted by molar-refractivity contribution is 7.89. The zero-order valence-corrected chi connectivity index (χ0v) is 19.9. The number of anilines is 1. The van der Waals surface area contributed by atoms with Crippen molar-refractivity contribution in [3.05, 3.63) is 82.9 Å². The number of hydrogen-bond donors (Lipinski definition) is 3. The van der Waals surface area contributed by atoms with Gasteiger partial charge in [0, 0.05) is 17.3 Å². The summed E-state index contributed by atoms with van der Waals surface area (Å²) < 4.78 is 66.0. The monoisotopic (exact) mass is 506 g/mol. The van der Waals surface area contributed by atoms with Gasteiger partial charge in [-0.05, 0) is 37.3 Å². The summed E-state index contributed by atoms with van der Waals surface area (Å²) in [5.41, 5.74) is 0.219. The van der Waals surface area contributed by atoms with Crippen LogP contribution in [0, 0.1) is 18.6 Å². The van der Waals surface area contributed by atoms with Gasteiger partial charge in [0.15, 0.2) is 11.5 Å². The maximum atomic E-state index is 14.2. The van der Waals surface area contributed by atoms with Gasteiger partial charge in [-0.25, -0.2) is 21.9 Å². The smallest absolute Gasteiger partial charge is 0.241 e. The van der Waals surface area contributed by atoms with Crippen molar-refractivity contribution in [2.45, 2.75) is 17.9 Å². The van der Waals surface area contributed by atoms with Crippen LogP contribution in [0.25, 0.3) is 0 Å². The number of aryl methyl sites for hydroxylation is 1. The van der Waals surface area contributed by atoms with Crippen LogP contribution in [-0.2, 0) is 14.8 Å². The van der Waals surface area contributed by atoms with Crippen molar-refractivity contribution in [3.8, 4) is 11.5 Å². The normalized spacial score (nSPS) is 12.2. The minimum atomic E-state index is -4.09. The Hall–Kier alpha value is -3.54. The van der Waals surface area contributed by atoms with E-state index < -0.39 is 45.8 Å². The summed E-state index contributed by atoms with van der Waals surface area (Å²) >= 11 is 0. The predicted molar refractivity (Wildman–Crippen MR) is 125 cm³/mol. The molecule has 0 radical (unpaired) electrons. The van der Waals surface area contributed by atoms with E-state index in [1.165, 1.54) is 50.6 Å². The third-order valence-electron chi connectivity index (χ3n) is 5.14. The minimum absolute atomic E-state index is 0.0464. The number of carbonyl (C=O) groups excluding carboxylic acids is 1. The number of halogens is 2. The molecule has 0 fully saturated rings. The number of nitrogens with one attached hydrogen (secondary N) is 2. The third-order valence-corrected chi connectivity index (χ3v) is 6.54. The van der Waals surface area contributed by atoms with Crippen molar-refractivity contribution < 1.29 is 36.6 Å². The second-order valence-electron chi connectivity index (χ2n) is 7.52. The second kappa shape index (κ2) is 10.8. The number of benzene rings is 3. The highest BCUT2D eigenvalue weighted by atomic mass is 32.2. The molecule has 3 aromatic rings. The topological polar surface area (TPSA) is 114 Å². The lowest BCUT2D eigenvalue weighted by atomic mass is 9.97. The molecule has 0 bridgehead atoms. The van der Waals surface area contributed by atoms with Gasteiger partial charge in [-0.2, -0.15) is 0 Å². The van der Waals surface area contributed by atoms with Crippen molar-refractivity contribution in [2.24, 2.45) is 0 Å². The van der Waals surface area contributed by atoms with Crippen LogP contribution in [0.3, 0.4) is 0 Å². The standard InChI is InChI=1S/C24H24F2N2O6S/c1-14-7-9-19(16(11-14)24(30)23-17(25)5-4-6-18(23)26)28-22(29)13-27-35(31,32)15-8-10-20(33-2)21(12-15)34-3/h4-12,24,27,30H,13H2,1-3H3,(H,28,29). The van der Waals surface area contributed by atoms with Crippen molar-refractivity contribution in [2.75, 3.05) is 26.1 Å². The van der Waals surface area contributed by atoms with E-state index in [0.717, 1.165) is 12.1 Å². The number of ether oxygens (including phenoxy) is 2. The molecule has 3 aromatic carbocycles. The Bertz CT molecular complexity index is 1330. The summed E-state index contributed by atoms with van der Waals surface area (Å²) in [5, 5.41) is 13.2. The Kier molecular flexibility index (Phi) is 8.05. The number of carbonyl (C=O) groups is 1. The van der Waals surface area contributed by atoms with Gasteiger partial charge in [-0.1, -0.05) is 23.8 Å². The molecule has 0 aliphatic carbocycles. The number of aliphatic hydroxyl groups is 1. The quantitative estimate of drug-likeness (QED) is 0.411. The predicted octanol–water partition coefficient (Wildman–Crippen LogP) is 3.29. The van der Waals surface area contributed by atoms with E-state index in [2.05, 4.69) is 10.0 Å². The lowest BCUT2D eigenvalue weighted by molar-refractivity contribution is -0.115. The van der Waals surface area contributed by atoms with Crippen molar-refractivity contribution in [1.82, 2.24) is 4.72 Å². The summed E-state index contributed by atoms with van der Waals surface area (Å²) in [6, 6.07) is 11.7. The average Bonchev–Trinajstić information content (AvgIpc) is 2.83. The van der Waals surface area contributed by atoms with Gasteiger partial charge in [0.1, 0.15) is 17.7 Å².